The Morgan fingerprint density at radius 2 is 2.03 bits per heavy atom. The number of aliphatic imine (C=N–C) groups is 1. The van der Waals surface area contributed by atoms with Gasteiger partial charge < -0.3 is 10.0 Å². The van der Waals surface area contributed by atoms with E-state index in [2.05, 4.69) is 35.0 Å². The molecular formula is C23H25N3O2S. The molecule has 1 aliphatic carbocycles. The number of nitrogens with zero attached hydrogens (tertiary/aromatic N) is 3. The highest BCUT2D eigenvalue weighted by atomic mass is 32.2. The van der Waals surface area contributed by atoms with Gasteiger partial charge in [0.15, 0.2) is 0 Å². The van der Waals surface area contributed by atoms with Crippen molar-refractivity contribution in [3.05, 3.63) is 82.1 Å². The van der Waals surface area contributed by atoms with E-state index >= 15 is 0 Å². The summed E-state index contributed by atoms with van der Waals surface area (Å²) in [5.41, 5.74) is 3.90. The molecule has 5 nitrogen and oxygen atoms in total. The number of thioether (sulfide) groups is 1. The summed E-state index contributed by atoms with van der Waals surface area (Å²) in [6.07, 6.45) is 8.34. The van der Waals surface area contributed by atoms with Crippen molar-refractivity contribution in [2.45, 2.75) is 12.2 Å². The van der Waals surface area contributed by atoms with Gasteiger partial charge in [0.05, 0.1) is 6.61 Å². The van der Waals surface area contributed by atoms with Gasteiger partial charge in [0.2, 0.25) is 0 Å². The first-order chi connectivity index (χ1) is 14.0. The number of aliphatic hydroxyl groups is 1. The van der Waals surface area contributed by atoms with Gasteiger partial charge in [0, 0.05) is 48.0 Å². The van der Waals surface area contributed by atoms with Gasteiger partial charge in [-0.15, -0.1) is 11.8 Å². The van der Waals surface area contributed by atoms with E-state index in [4.69, 9.17) is 0 Å². The van der Waals surface area contributed by atoms with E-state index in [1.807, 2.05) is 43.5 Å². The van der Waals surface area contributed by atoms with E-state index in [-0.39, 0.29) is 12.5 Å². The molecule has 1 N–H and O–H groups in total. The SMILES string of the molecule is CC1C(N(C)CCO)=CC=C2C=C(/C=C3/N=C(c4ccccc4)N(C)C3=O)SC21. The molecule has 0 spiro atoms. The molecule has 1 amide bonds. The van der Waals surface area contributed by atoms with Gasteiger partial charge in [-0.05, 0) is 23.8 Å². The molecule has 6 heteroatoms. The maximum Gasteiger partial charge on any atom is 0.277 e. The van der Waals surface area contributed by atoms with E-state index < -0.39 is 0 Å². The van der Waals surface area contributed by atoms with Crippen LogP contribution in [0.1, 0.15) is 12.5 Å². The summed E-state index contributed by atoms with van der Waals surface area (Å²) in [5, 5.41) is 9.55. The number of amidine groups is 1. The average molecular weight is 408 g/mol. The topological polar surface area (TPSA) is 56.1 Å². The minimum absolute atomic E-state index is 0.0799. The summed E-state index contributed by atoms with van der Waals surface area (Å²) in [7, 11) is 3.78. The predicted octanol–water partition coefficient (Wildman–Crippen LogP) is 3.17. The summed E-state index contributed by atoms with van der Waals surface area (Å²) in [6, 6.07) is 9.78. The second-order valence-electron chi connectivity index (χ2n) is 7.47. The lowest BCUT2D eigenvalue weighted by atomic mass is 9.91. The number of rotatable bonds is 5. The molecule has 0 fully saturated rings. The number of allylic oxidation sites excluding steroid dienone is 5. The van der Waals surface area contributed by atoms with Gasteiger partial charge in [0.25, 0.3) is 5.91 Å². The normalized spacial score (nSPS) is 24.9. The van der Waals surface area contributed by atoms with Crippen LogP contribution in [0.2, 0.25) is 0 Å². The van der Waals surface area contributed by atoms with Crippen LogP contribution in [0.25, 0.3) is 0 Å². The minimum Gasteiger partial charge on any atom is -0.395 e. The Morgan fingerprint density at radius 1 is 1.28 bits per heavy atom. The average Bonchev–Trinajstić information content (AvgIpc) is 3.26. The smallest absolute Gasteiger partial charge is 0.277 e. The number of amides is 1. The molecule has 3 aliphatic rings. The molecule has 4 rings (SSSR count). The van der Waals surface area contributed by atoms with E-state index in [1.165, 1.54) is 11.3 Å². The fourth-order valence-corrected chi connectivity index (χ4v) is 5.23. The number of likely N-dealkylation sites (N-methyl/N-ethyl adjacent to an activating group) is 2. The molecule has 0 bridgehead atoms. The fourth-order valence-electron chi connectivity index (χ4n) is 3.93. The molecule has 0 saturated heterocycles. The molecular weight excluding hydrogens is 382 g/mol. The highest BCUT2D eigenvalue weighted by Crippen LogP contribution is 2.46. The van der Waals surface area contributed by atoms with Crippen molar-refractivity contribution in [2.75, 3.05) is 27.2 Å². The highest BCUT2D eigenvalue weighted by molar-refractivity contribution is 8.04. The summed E-state index contributed by atoms with van der Waals surface area (Å²) >= 11 is 1.78. The number of fused-ring (bicyclic) bond motifs is 1. The molecule has 2 atom stereocenters. The fraction of sp³-hybridized carbons (Fsp3) is 0.304. The molecule has 2 aliphatic heterocycles. The quantitative estimate of drug-likeness (QED) is 0.762. The molecule has 2 unspecified atom stereocenters. The largest absolute Gasteiger partial charge is 0.395 e. The number of benzene rings is 1. The van der Waals surface area contributed by atoms with Crippen molar-refractivity contribution < 1.29 is 9.90 Å². The Balaban J connectivity index is 1.58. The van der Waals surface area contributed by atoms with Gasteiger partial charge in [-0.1, -0.05) is 43.3 Å². The van der Waals surface area contributed by atoms with Gasteiger partial charge in [-0.3, -0.25) is 9.69 Å². The summed E-state index contributed by atoms with van der Waals surface area (Å²) in [6.45, 7) is 2.98. The van der Waals surface area contributed by atoms with Crippen LogP contribution < -0.4 is 0 Å². The molecule has 0 aromatic heterocycles. The van der Waals surface area contributed by atoms with Crippen LogP contribution in [0, 0.1) is 5.92 Å². The Bertz CT molecular complexity index is 975. The lowest BCUT2D eigenvalue weighted by molar-refractivity contribution is -0.121. The van der Waals surface area contributed by atoms with Crippen molar-refractivity contribution in [1.29, 1.82) is 0 Å². The Hall–Kier alpha value is -2.57. The predicted molar refractivity (Wildman–Crippen MR) is 118 cm³/mol. The standard InChI is InChI=1S/C23H25N3O2S/c1-15-20(25(2)11-12-27)10-9-17-13-18(29-21(15)17)14-19-23(28)26(3)22(24-19)16-7-5-4-6-8-16/h4-10,13-15,21,27H,11-12H2,1-3H3/b19-14+. The number of carbonyl (C=O) groups is 1. The van der Waals surface area contributed by atoms with Crippen molar-refractivity contribution in [2.24, 2.45) is 10.9 Å². The van der Waals surface area contributed by atoms with Gasteiger partial charge in [0.1, 0.15) is 11.5 Å². The monoisotopic (exact) mass is 407 g/mol. The zero-order valence-corrected chi connectivity index (χ0v) is 17.7. The van der Waals surface area contributed by atoms with Crippen LogP contribution in [0.15, 0.2) is 81.5 Å². The molecule has 2 heterocycles. The highest BCUT2D eigenvalue weighted by Gasteiger charge is 2.34. The first kappa shape index (κ1) is 19.7. The summed E-state index contributed by atoms with van der Waals surface area (Å²) in [4.78, 5) is 22.1. The molecule has 0 saturated carbocycles. The van der Waals surface area contributed by atoms with Crippen LogP contribution in [-0.2, 0) is 4.79 Å². The van der Waals surface area contributed by atoms with E-state index in [9.17, 15) is 9.90 Å². The molecule has 1 aromatic rings. The maximum absolute atomic E-state index is 12.7. The second kappa shape index (κ2) is 8.05. The van der Waals surface area contributed by atoms with E-state index in [0.717, 1.165) is 10.5 Å². The van der Waals surface area contributed by atoms with Crippen LogP contribution in [0.3, 0.4) is 0 Å². The van der Waals surface area contributed by atoms with E-state index in [0.29, 0.717) is 29.2 Å². The van der Waals surface area contributed by atoms with Crippen LogP contribution in [0.4, 0.5) is 0 Å². The lowest BCUT2D eigenvalue weighted by Crippen LogP contribution is -2.31. The van der Waals surface area contributed by atoms with Gasteiger partial charge in [-0.25, -0.2) is 4.99 Å². The van der Waals surface area contributed by atoms with Crippen molar-refractivity contribution in [3.8, 4) is 0 Å². The summed E-state index contributed by atoms with van der Waals surface area (Å²) < 4.78 is 0. The molecule has 1 aromatic carbocycles. The Morgan fingerprint density at radius 3 is 2.76 bits per heavy atom. The first-order valence-corrected chi connectivity index (χ1v) is 10.6. The third-order valence-electron chi connectivity index (χ3n) is 5.52. The van der Waals surface area contributed by atoms with E-state index in [1.54, 1.807) is 23.7 Å². The van der Waals surface area contributed by atoms with Crippen molar-refractivity contribution in [1.82, 2.24) is 9.80 Å². The molecule has 0 radical (unpaired) electrons. The zero-order valence-electron chi connectivity index (χ0n) is 16.9. The van der Waals surface area contributed by atoms with Gasteiger partial charge >= 0.3 is 0 Å². The van der Waals surface area contributed by atoms with Crippen LogP contribution >= 0.6 is 11.8 Å². The first-order valence-electron chi connectivity index (χ1n) is 9.75. The second-order valence-corrected chi connectivity index (χ2v) is 8.69. The minimum atomic E-state index is -0.0799. The molecule has 29 heavy (non-hydrogen) atoms. The third-order valence-corrected chi connectivity index (χ3v) is 6.96. The zero-order chi connectivity index (χ0) is 20.5. The van der Waals surface area contributed by atoms with Gasteiger partial charge in [-0.2, -0.15) is 0 Å². The van der Waals surface area contributed by atoms with Crippen LogP contribution in [-0.4, -0.2) is 59.1 Å². The van der Waals surface area contributed by atoms with Crippen molar-refractivity contribution >= 4 is 23.5 Å². The Labute approximate surface area is 175 Å². The third kappa shape index (κ3) is 3.70. The number of aliphatic hydroxyl groups excluding tert-OH is 1. The molecule has 150 valence electrons. The number of carbonyl (C=O) groups excluding carboxylic acids is 1. The lowest BCUT2D eigenvalue weighted by Gasteiger charge is -2.32. The number of hydrogen-bond donors (Lipinski definition) is 1. The Kier molecular flexibility index (Phi) is 5.48. The maximum atomic E-state index is 12.7. The number of hydrogen-bond acceptors (Lipinski definition) is 5. The van der Waals surface area contributed by atoms with Crippen LogP contribution in [0.5, 0.6) is 0 Å². The van der Waals surface area contributed by atoms with Crippen molar-refractivity contribution in [3.63, 3.8) is 0 Å². The summed E-state index contributed by atoms with van der Waals surface area (Å²) in [5.74, 6) is 0.933.